The summed E-state index contributed by atoms with van der Waals surface area (Å²) in [6.07, 6.45) is 1.22. The Morgan fingerprint density at radius 1 is 1.06 bits per heavy atom. The maximum atomic E-state index is 13.0. The van der Waals surface area contributed by atoms with Crippen molar-refractivity contribution < 1.29 is 17.9 Å². The minimum atomic E-state index is -3.50. The maximum absolute atomic E-state index is 13.0. The molecule has 2 aromatic rings. The van der Waals surface area contributed by atoms with E-state index in [0.717, 1.165) is 29.8 Å². The molecule has 0 saturated carbocycles. The van der Waals surface area contributed by atoms with E-state index in [4.69, 9.17) is 10.5 Å². The highest BCUT2D eigenvalue weighted by atomic mass is 32.2. The number of nitrogens with zero attached hydrogens (tertiary/aromatic N) is 3. The molecule has 2 aromatic carbocycles. The van der Waals surface area contributed by atoms with Crippen LogP contribution in [0.3, 0.4) is 0 Å². The van der Waals surface area contributed by atoms with E-state index in [1.54, 1.807) is 12.1 Å². The van der Waals surface area contributed by atoms with Crippen LogP contribution in [0, 0.1) is 11.3 Å². The molecule has 0 aromatic heterocycles. The third kappa shape index (κ3) is 5.94. The number of sulfonamides is 1. The van der Waals surface area contributed by atoms with Crippen molar-refractivity contribution in [3.63, 3.8) is 0 Å². The fourth-order valence-electron chi connectivity index (χ4n) is 4.46. The molecule has 10 heteroatoms. The number of carbonyl (C=O) groups is 1. The van der Waals surface area contributed by atoms with Crippen molar-refractivity contribution in [3.05, 3.63) is 54.1 Å². The summed E-state index contributed by atoms with van der Waals surface area (Å²) in [5, 5.41) is 12.3. The Morgan fingerprint density at radius 3 is 2.17 bits per heavy atom. The highest BCUT2D eigenvalue weighted by Gasteiger charge is 2.36. The highest BCUT2D eigenvalue weighted by Crippen LogP contribution is 2.24. The second kappa shape index (κ2) is 11.1. The monoisotopic (exact) mass is 511 g/mol. The molecule has 2 aliphatic heterocycles. The molecule has 2 fully saturated rings. The molecule has 4 rings (SSSR count). The van der Waals surface area contributed by atoms with Gasteiger partial charge < -0.3 is 20.7 Å². The Hall–Kier alpha value is -2.81. The summed E-state index contributed by atoms with van der Waals surface area (Å²) >= 11 is 0. The summed E-state index contributed by atoms with van der Waals surface area (Å²) in [5.74, 6) is -0.319. The number of rotatable bonds is 7. The molecule has 192 valence electrons. The highest BCUT2D eigenvalue weighted by molar-refractivity contribution is 7.89. The minimum absolute atomic E-state index is 0.294. The number of hydrogen-bond acceptors (Lipinski definition) is 7. The third-order valence-electron chi connectivity index (χ3n) is 6.98. The van der Waals surface area contributed by atoms with E-state index < -0.39 is 21.6 Å². The van der Waals surface area contributed by atoms with Gasteiger partial charge in [-0.05, 0) is 48.7 Å². The fraction of sp³-hybridized carbons (Fsp3) is 0.462. The third-order valence-corrected chi connectivity index (χ3v) is 8.89. The Labute approximate surface area is 212 Å². The van der Waals surface area contributed by atoms with Crippen molar-refractivity contribution in [2.45, 2.75) is 35.7 Å². The first-order chi connectivity index (χ1) is 17.2. The Bertz CT molecular complexity index is 1190. The van der Waals surface area contributed by atoms with Crippen molar-refractivity contribution >= 4 is 15.9 Å². The van der Waals surface area contributed by atoms with Crippen LogP contribution in [0.2, 0.25) is 0 Å². The van der Waals surface area contributed by atoms with Crippen molar-refractivity contribution in [2.24, 2.45) is 5.73 Å². The van der Waals surface area contributed by atoms with Crippen LogP contribution < -0.4 is 11.1 Å². The summed E-state index contributed by atoms with van der Waals surface area (Å²) < 4.78 is 32.7. The van der Waals surface area contributed by atoms with E-state index in [1.807, 2.05) is 43.4 Å². The van der Waals surface area contributed by atoms with Crippen molar-refractivity contribution in [2.75, 3.05) is 46.4 Å². The van der Waals surface area contributed by atoms with Gasteiger partial charge in [0.15, 0.2) is 0 Å². The zero-order chi connectivity index (χ0) is 25.8. The number of benzene rings is 2. The number of ether oxygens (including phenoxy) is 1. The zero-order valence-electron chi connectivity index (χ0n) is 20.5. The molecule has 0 bridgehead atoms. The van der Waals surface area contributed by atoms with Gasteiger partial charge in [0.05, 0.1) is 16.5 Å². The van der Waals surface area contributed by atoms with Gasteiger partial charge in [0.1, 0.15) is 6.04 Å². The van der Waals surface area contributed by atoms with Crippen molar-refractivity contribution in [3.8, 4) is 17.2 Å². The van der Waals surface area contributed by atoms with Gasteiger partial charge in [0.2, 0.25) is 15.9 Å². The molecule has 2 heterocycles. The first kappa shape index (κ1) is 26.3. The van der Waals surface area contributed by atoms with Gasteiger partial charge in [-0.25, -0.2) is 8.42 Å². The van der Waals surface area contributed by atoms with E-state index in [-0.39, 0.29) is 5.91 Å². The number of nitriles is 1. The average molecular weight is 512 g/mol. The van der Waals surface area contributed by atoms with E-state index in [1.165, 1.54) is 4.31 Å². The molecule has 3 N–H and O–H groups in total. The first-order valence-electron chi connectivity index (χ1n) is 12.2. The molecule has 1 amide bonds. The second-order valence-corrected chi connectivity index (χ2v) is 11.5. The molecule has 0 unspecified atom stereocenters. The van der Waals surface area contributed by atoms with Gasteiger partial charge in [0.25, 0.3) is 0 Å². The van der Waals surface area contributed by atoms with E-state index in [9.17, 15) is 18.5 Å². The molecule has 0 spiro atoms. The maximum Gasteiger partial charge on any atom is 0.243 e. The molecular formula is C26H33N5O4S. The fourth-order valence-corrected chi connectivity index (χ4v) is 5.88. The van der Waals surface area contributed by atoms with Crippen LogP contribution in [0.4, 0.5) is 0 Å². The van der Waals surface area contributed by atoms with Crippen molar-refractivity contribution in [1.82, 2.24) is 14.5 Å². The largest absolute Gasteiger partial charge is 0.381 e. The second-order valence-electron chi connectivity index (χ2n) is 9.56. The predicted molar refractivity (Wildman–Crippen MR) is 136 cm³/mol. The first-order valence-corrected chi connectivity index (χ1v) is 13.6. The van der Waals surface area contributed by atoms with Gasteiger partial charge in [-0.2, -0.15) is 9.57 Å². The molecular weight excluding hydrogens is 478 g/mol. The SMILES string of the molecule is CN1CCN(S(=O)(=O)c2ccc(-c3ccc(C[C@@H](C#N)NC(=O)C4(N)CCOCC4)cc3)cc2)CC1. The van der Waals surface area contributed by atoms with Gasteiger partial charge in [-0.3, -0.25) is 4.79 Å². The predicted octanol–water partition coefficient (Wildman–Crippen LogP) is 1.35. The Kier molecular flexibility index (Phi) is 8.07. The molecule has 2 saturated heterocycles. The lowest BCUT2D eigenvalue weighted by Crippen LogP contribution is -2.58. The molecule has 36 heavy (non-hydrogen) atoms. The van der Waals surface area contributed by atoms with Gasteiger partial charge >= 0.3 is 0 Å². The molecule has 0 aliphatic carbocycles. The van der Waals surface area contributed by atoms with Crippen LogP contribution in [0.15, 0.2) is 53.4 Å². The van der Waals surface area contributed by atoms with E-state index >= 15 is 0 Å². The quantitative estimate of drug-likeness (QED) is 0.574. The number of nitrogens with one attached hydrogen (secondary N) is 1. The number of likely N-dealkylation sites (N-methyl/N-ethyl adjacent to an activating group) is 1. The smallest absolute Gasteiger partial charge is 0.243 e. The minimum Gasteiger partial charge on any atom is -0.381 e. The van der Waals surface area contributed by atoms with Crippen molar-refractivity contribution in [1.29, 1.82) is 5.26 Å². The summed E-state index contributed by atoms with van der Waals surface area (Å²) in [6.45, 7) is 3.31. The Morgan fingerprint density at radius 2 is 1.61 bits per heavy atom. The normalized spacial score (nSPS) is 19.8. The summed E-state index contributed by atoms with van der Waals surface area (Å²) in [5.41, 5.74) is 7.96. The van der Waals surface area contributed by atoms with Gasteiger partial charge in [-0.1, -0.05) is 36.4 Å². The summed E-state index contributed by atoms with van der Waals surface area (Å²) in [7, 11) is -1.52. The van der Waals surface area contributed by atoms with Gasteiger partial charge in [-0.15, -0.1) is 0 Å². The van der Waals surface area contributed by atoms with Crippen LogP contribution in [0.1, 0.15) is 18.4 Å². The van der Waals surface area contributed by atoms with Crippen LogP contribution in [0.5, 0.6) is 0 Å². The molecule has 0 radical (unpaired) electrons. The number of amides is 1. The topological polar surface area (TPSA) is 129 Å². The van der Waals surface area contributed by atoms with Gasteiger partial charge in [0, 0.05) is 45.8 Å². The lowest BCUT2D eigenvalue weighted by molar-refractivity contribution is -0.130. The molecule has 1 atom stereocenters. The van der Waals surface area contributed by atoms with Crippen LogP contribution in [-0.2, 0) is 26.0 Å². The molecule has 9 nitrogen and oxygen atoms in total. The number of piperazine rings is 1. The number of carbonyl (C=O) groups excluding carboxylic acids is 1. The standard InChI is InChI=1S/C26H33N5O4S/c1-30-12-14-31(15-13-30)36(33,34)24-8-6-22(7-9-24)21-4-2-20(3-5-21)18-23(19-27)29-25(32)26(28)10-16-35-17-11-26/h2-9,23H,10-18,28H2,1H3,(H,29,32)/t23-/m0/s1. The van der Waals surface area contributed by atoms with Crippen LogP contribution >= 0.6 is 0 Å². The van der Waals surface area contributed by atoms with Crippen LogP contribution in [-0.4, -0.2) is 81.6 Å². The van der Waals surface area contributed by atoms with Crippen LogP contribution in [0.25, 0.3) is 11.1 Å². The Balaban J connectivity index is 1.38. The van der Waals surface area contributed by atoms with E-state index in [2.05, 4.69) is 16.3 Å². The molecule has 2 aliphatic rings. The number of nitrogens with two attached hydrogens (primary N) is 1. The lowest BCUT2D eigenvalue weighted by atomic mass is 9.90. The lowest BCUT2D eigenvalue weighted by Gasteiger charge is -2.32. The summed E-state index contributed by atoms with van der Waals surface area (Å²) in [4.78, 5) is 15.1. The van der Waals surface area contributed by atoms with E-state index in [0.29, 0.717) is 50.5 Å². The average Bonchev–Trinajstić information content (AvgIpc) is 2.89. The summed E-state index contributed by atoms with van der Waals surface area (Å²) in [6, 6.07) is 16.1. The zero-order valence-corrected chi connectivity index (χ0v) is 21.3. The number of hydrogen-bond donors (Lipinski definition) is 2.